The number of carbonyl (C=O) groups excluding carboxylic acids is 2. The standard InChI is InChI=1S/C15H16N2O5/c1-4-20-14(18)9-7-11-12(16-9)8-6-10(15(19)21-5-2)17(3)13(8)22-11/h6-7,16H,4-5H2,1-3H3. The van der Waals surface area contributed by atoms with E-state index in [2.05, 4.69) is 4.98 Å². The van der Waals surface area contributed by atoms with Crippen molar-refractivity contribution in [2.75, 3.05) is 13.2 Å². The van der Waals surface area contributed by atoms with Gasteiger partial charge in [-0.3, -0.25) is 0 Å². The summed E-state index contributed by atoms with van der Waals surface area (Å²) in [6.45, 7) is 4.09. The topological polar surface area (TPSA) is 86.5 Å². The van der Waals surface area contributed by atoms with Gasteiger partial charge < -0.3 is 23.4 Å². The SMILES string of the molecule is CCOC(=O)c1cc2oc3c(cc(C(=O)OCC)n3C)c2[nH]1. The highest BCUT2D eigenvalue weighted by atomic mass is 16.5. The molecule has 3 aromatic heterocycles. The van der Waals surface area contributed by atoms with E-state index in [4.69, 9.17) is 13.9 Å². The van der Waals surface area contributed by atoms with Crippen molar-refractivity contribution in [2.45, 2.75) is 13.8 Å². The Labute approximate surface area is 125 Å². The molecule has 7 heteroatoms. The van der Waals surface area contributed by atoms with E-state index in [1.54, 1.807) is 37.6 Å². The van der Waals surface area contributed by atoms with Gasteiger partial charge in [-0.05, 0) is 19.9 Å². The van der Waals surface area contributed by atoms with Gasteiger partial charge in [0, 0.05) is 13.1 Å². The molecular weight excluding hydrogens is 288 g/mol. The van der Waals surface area contributed by atoms with Crippen LogP contribution in [0.5, 0.6) is 0 Å². The molecule has 3 heterocycles. The number of rotatable bonds is 4. The molecule has 0 aliphatic rings. The van der Waals surface area contributed by atoms with Crippen LogP contribution in [0.2, 0.25) is 0 Å². The van der Waals surface area contributed by atoms with Crippen molar-refractivity contribution >= 4 is 34.1 Å². The number of aromatic amines is 1. The summed E-state index contributed by atoms with van der Waals surface area (Å²) in [6, 6.07) is 3.28. The number of aryl methyl sites for hydroxylation is 1. The molecule has 7 nitrogen and oxygen atoms in total. The highest BCUT2D eigenvalue weighted by Crippen LogP contribution is 2.31. The van der Waals surface area contributed by atoms with Crippen LogP contribution in [0.3, 0.4) is 0 Å². The Balaban J connectivity index is 2.09. The lowest BCUT2D eigenvalue weighted by Gasteiger charge is -2.02. The maximum Gasteiger partial charge on any atom is 0.355 e. The zero-order valence-corrected chi connectivity index (χ0v) is 12.6. The number of hydrogen-bond acceptors (Lipinski definition) is 5. The molecule has 0 spiro atoms. The number of H-pyrrole nitrogens is 1. The molecular formula is C15H16N2O5. The molecule has 0 saturated heterocycles. The van der Waals surface area contributed by atoms with Gasteiger partial charge in [-0.1, -0.05) is 0 Å². The van der Waals surface area contributed by atoms with Crippen molar-refractivity contribution in [3.63, 3.8) is 0 Å². The molecule has 116 valence electrons. The summed E-state index contributed by atoms with van der Waals surface area (Å²) in [5.41, 5.74) is 2.45. The van der Waals surface area contributed by atoms with E-state index in [0.29, 0.717) is 41.4 Å². The van der Waals surface area contributed by atoms with Crippen LogP contribution in [0, 0.1) is 0 Å². The molecule has 0 aliphatic carbocycles. The van der Waals surface area contributed by atoms with Crippen molar-refractivity contribution < 1.29 is 23.5 Å². The summed E-state index contributed by atoms with van der Waals surface area (Å²) >= 11 is 0. The van der Waals surface area contributed by atoms with Crippen molar-refractivity contribution in [1.82, 2.24) is 9.55 Å². The van der Waals surface area contributed by atoms with E-state index < -0.39 is 11.9 Å². The Morgan fingerprint density at radius 1 is 1.18 bits per heavy atom. The number of nitrogens with one attached hydrogen (secondary N) is 1. The third kappa shape index (κ3) is 2.05. The Hall–Kier alpha value is -2.70. The van der Waals surface area contributed by atoms with Crippen LogP contribution in [0.15, 0.2) is 16.5 Å². The minimum Gasteiger partial charge on any atom is -0.461 e. The van der Waals surface area contributed by atoms with Gasteiger partial charge in [0.05, 0.1) is 24.1 Å². The lowest BCUT2D eigenvalue weighted by Crippen LogP contribution is -2.09. The van der Waals surface area contributed by atoms with Crippen LogP contribution in [0.1, 0.15) is 34.8 Å². The largest absolute Gasteiger partial charge is 0.461 e. The monoisotopic (exact) mass is 304 g/mol. The molecule has 0 aromatic carbocycles. The van der Waals surface area contributed by atoms with E-state index >= 15 is 0 Å². The molecule has 0 amide bonds. The Morgan fingerprint density at radius 3 is 2.55 bits per heavy atom. The van der Waals surface area contributed by atoms with Gasteiger partial charge in [0.15, 0.2) is 5.58 Å². The summed E-state index contributed by atoms with van der Waals surface area (Å²) < 4.78 is 17.3. The lowest BCUT2D eigenvalue weighted by molar-refractivity contribution is 0.0508. The smallest absolute Gasteiger partial charge is 0.355 e. The van der Waals surface area contributed by atoms with Gasteiger partial charge in [0.2, 0.25) is 5.71 Å². The second-order valence-electron chi connectivity index (χ2n) is 4.77. The van der Waals surface area contributed by atoms with Crippen LogP contribution in [-0.2, 0) is 16.5 Å². The number of carbonyl (C=O) groups is 2. The maximum atomic E-state index is 11.9. The first kappa shape index (κ1) is 14.2. The maximum absolute atomic E-state index is 11.9. The third-order valence-electron chi connectivity index (χ3n) is 3.41. The van der Waals surface area contributed by atoms with Gasteiger partial charge >= 0.3 is 11.9 Å². The average molecular weight is 304 g/mol. The minimum atomic E-state index is -0.441. The molecule has 0 fully saturated rings. The fraction of sp³-hybridized carbons (Fsp3) is 0.333. The van der Waals surface area contributed by atoms with Crippen LogP contribution in [-0.4, -0.2) is 34.7 Å². The number of ether oxygens (including phenoxy) is 2. The lowest BCUT2D eigenvalue weighted by atomic mass is 10.3. The zero-order chi connectivity index (χ0) is 15.9. The molecule has 0 aliphatic heterocycles. The third-order valence-corrected chi connectivity index (χ3v) is 3.41. The number of hydrogen-bond donors (Lipinski definition) is 1. The predicted molar refractivity (Wildman–Crippen MR) is 79.0 cm³/mol. The average Bonchev–Trinajstić information content (AvgIpc) is 3.10. The summed E-state index contributed by atoms with van der Waals surface area (Å²) in [6.07, 6.45) is 0. The molecule has 0 radical (unpaired) electrons. The fourth-order valence-corrected chi connectivity index (χ4v) is 2.43. The fourth-order valence-electron chi connectivity index (χ4n) is 2.43. The molecule has 1 N–H and O–H groups in total. The van der Waals surface area contributed by atoms with Crippen LogP contribution < -0.4 is 0 Å². The first-order valence-corrected chi connectivity index (χ1v) is 7.02. The molecule has 0 atom stereocenters. The molecule has 22 heavy (non-hydrogen) atoms. The molecule has 0 saturated carbocycles. The van der Waals surface area contributed by atoms with Crippen LogP contribution in [0.25, 0.3) is 22.2 Å². The second-order valence-corrected chi connectivity index (χ2v) is 4.77. The summed E-state index contributed by atoms with van der Waals surface area (Å²) in [4.78, 5) is 26.6. The van der Waals surface area contributed by atoms with E-state index in [1.807, 2.05) is 0 Å². The van der Waals surface area contributed by atoms with Gasteiger partial charge in [-0.25, -0.2) is 9.59 Å². The summed E-state index contributed by atoms with van der Waals surface area (Å²) in [7, 11) is 1.73. The number of aromatic nitrogens is 2. The predicted octanol–water partition coefficient (Wildman–Crippen LogP) is 2.61. The van der Waals surface area contributed by atoms with E-state index in [1.165, 1.54) is 0 Å². The van der Waals surface area contributed by atoms with E-state index in [-0.39, 0.29) is 0 Å². The van der Waals surface area contributed by atoms with Crippen molar-refractivity contribution in [2.24, 2.45) is 7.05 Å². The highest BCUT2D eigenvalue weighted by Gasteiger charge is 2.22. The van der Waals surface area contributed by atoms with Crippen LogP contribution in [0.4, 0.5) is 0 Å². The molecule has 0 bridgehead atoms. The van der Waals surface area contributed by atoms with Crippen molar-refractivity contribution in [1.29, 1.82) is 0 Å². The van der Waals surface area contributed by atoms with E-state index in [9.17, 15) is 9.59 Å². The second kappa shape index (κ2) is 5.25. The molecule has 0 unspecified atom stereocenters. The summed E-state index contributed by atoms with van der Waals surface area (Å²) in [5, 5.41) is 0.719. The normalized spacial score (nSPS) is 11.2. The Morgan fingerprint density at radius 2 is 1.86 bits per heavy atom. The van der Waals surface area contributed by atoms with Gasteiger partial charge in [0.25, 0.3) is 0 Å². The van der Waals surface area contributed by atoms with Crippen molar-refractivity contribution in [3.8, 4) is 0 Å². The zero-order valence-electron chi connectivity index (χ0n) is 12.6. The Kier molecular flexibility index (Phi) is 3.40. The quantitative estimate of drug-likeness (QED) is 0.749. The van der Waals surface area contributed by atoms with Gasteiger partial charge in [-0.2, -0.15) is 0 Å². The number of fused-ring (bicyclic) bond motifs is 3. The number of esters is 2. The van der Waals surface area contributed by atoms with E-state index in [0.717, 1.165) is 5.39 Å². The minimum absolute atomic E-state index is 0.299. The molecule has 3 rings (SSSR count). The number of furan rings is 1. The number of nitrogens with zero attached hydrogens (tertiary/aromatic N) is 1. The highest BCUT2D eigenvalue weighted by molar-refractivity contribution is 6.08. The summed E-state index contributed by atoms with van der Waals surface area (Å²) in [5.74, 6) is -0.856. The Bertz CT molecular complexity index is 868. The first-order valence-electron chi connectivity index (χ1n) is 7.02. The van der Waals surface area contributed by atoms with Gasteiger partial charge in [0.1, 0.15) is 11.4 Å². The molecule has 3 aromatic rings. The van der Waals surface area contributed by atoms with Gasteiger partial charge in [-0.15, -0.1) is 0 Å². The van der Waals surface area contributed by atoms with Crippen LogP contribution >= 0.6 is 0 Å². The van der Waals surface area contributed by atoms with Crippen molar-refractivity contribution in [3.05, 3.63) is 23.5 Å². The first-order chi connectivity index (χ1) is 10.6.